The maximum absolute atomic E-state index is 11.6. The van der Waals surface area contributed by atoms with E-state index >= 15 is 0 Å². The number of rotatable bonds is 7. The highest BCUT2D eigenvalue weighted by Gasteiger charge is 2.08. The Hall–Kier alpha value is -2.57. The van der Waals surface area contributed by atoms with Crippen LogP contribution in [0.25, 0.3) is 0 Å². The Balaban J connectivity index is 2.47. The number of anilines is 2. The van der Waals surface area contributed by atoms with Crippen molar-refractivity contribution in [2.75, 3.05) is 17.2 Å². The molecule has 120 valence electrons. The van der Waals surface area contributed by atoms with E-state index in [2.05, 4.69) is 16.0 Å². The molecule has 4 N–H and O–H groups in total. The smallest absolute Gasteiger partial charge is 0.319 e. The molecule has 0 aliphatic carbocycles. The van der Waals surface area contributed by atoms with Crippen LogP contribution in [0.1, 0.15) is 26.7 Å². The lowest BCUT2D eigenvalue weighted by atomic mass is 10.2. The summed E-state index contributed by atoms with van der Waals surface area (Å²) in [6.07, 6.45) is 0.379. The molecule has 0 bridgehead atoms. The molecule has 7 heteroatoms. The van der Waals surface area contributed by atoms with Gasteiger partial charge in [0.05, 0.1) is 0 Å². The second-order valence-electron chi connectivity index (χ2n) is 5.10. The van der Waals surface area contributed by atoms with Gasteiger partial charge < -0.3 is 21.1 Å². The fraction of sp³-hybridized carbons (Fsp3) is 0.400. The van der Waals surface area contributed by atoms with Crippen molar-refractivity contribution in [3.05, 3.63) is 24.3 Å². The molecule has 0 atom stereocenters. The number of hydrogen-bond acceptors (Lipinski definition) is 3. The third-order valence-electron chi connectivity index (χ3n) is 2.77. The van der Waals surface area contributed by atoms with E-state index in [1.54, 1.807) is 38.1 Å². The molecule has 0 unspecified atom stereocenters. The van der Waals surface area contributed by atoms with Crippen LogP contribution < -0.4 is 16.0 Å². The minimum atomic E-state index is -0.893. The molecule has 22 heavy (non-hydrogen) atoms. The number of carboxylic acids is 1. The summed E-state index contributed by atoms with van der Waals surface area (Å²) in [6, 6.07) is 6.38. The minimum absolute atomic E-state index is 0.0109. The van der Waals surface area contributed by atoms with Gasteiger partial charge in [-0.05, 0) is 24.6 Å². The standard InChI is InChI=1S/C15H21N3O4/c1-10(2)14(21)17-11-5-3-6-12(9-11)18-15(22)16-8-4-7-13(19)20/h3,5-6,9-10H,4,7-8H2,1-2H3,(H,17,21)(H,19,20)(H2,16,18,22). The van der Waals surface area contributed by atoms with E-state index in [1.807, 2.05) is 0 Å². The summed E-state index contributed by atoms with van der Waals surface area (Å²) in [5.74, 6) is -1.12. The summed E-state index contributed by atoms with van der Waals surface area (Å²) in [6.45, 7) is 3.87. The van der Waals surface area contributed by atoms with Crippen LogP contribution in [0.5, 0.6) is 0 Å². The summed E-state index contributed by atoms with van der Waals surface area (Å²) < 4.78 is 0. The highest BCUT2D eigenvalue weighted by molar-refractivity contribution is 5.94. The Morgan fingerprint density at radius 3 is 2.36 bits per heavy atom. The number of carbonyl (C=O) groups excluding carboxylic acids is 2. The summed E-state index contributed by atoms with van der Waals surface area (Å²) in [5, 5.41) is 16.4. The van der Waals surface area contributed by atoms with Gasteiger partial charge in [0.15, 0.2) is 0 Å². The maximum atomic E-state index is 11.6. The summed E-state index contributed by atoms with van der Waals surface area (Å²) >= 11 is 0. The predicted molar refractivity (Wildman–Crippen MR) is 83.8 cm³/mol. The van der Waals surface area contributed by atoms with Gasteiger partial charge >= 0.3 is 12.0 Å². The molecule has 0 aliphatic heterocycles. The van der Waals surface area contributed by atoms with Gasteiger partial charge in [-0.25, -0.2) is 4.79 Å². The molecule has 7 nitrogen and oxygen atoms in total. The Bertz CT molecular complexity index is 543. The zero-order valence-electron chi connectivity index (χ0n) is 12.7. The van der Waals surface area contributed by atoms with Gasteiger partial charge in [-0.1, -0.05) is 19.9 Å². The second kappa shape index (κ2) is 8.66. The molecule has 0 spiro atoms. The topological polar surface area (TPSA) is 108 Å². The number of amides is 3. The predicted octanol–water partition coefficient (Wildman–Crippen LogP) is 2.27. The summed E-state index contributed by atoms with van der Waals surface area (Å²) in [7, 11) is 0. The Kier molecular flexibility index (Phi) is 6.88. The fourth-order valence-corrected chi connectivity index (χ4v) is 1.58. The zero-order chi connectivity index (χ0) is 16.5. The van der Waals surface area contributed by atoms with E-state index in [0.717, 1.165) is 0 Å². The van der Waals surface area contributed by atoms with Crippen LogP contribution in [0.15, 0.2) is 24.3 Å². The van der Waals surface area contributed by atoms with Crippen LogP contribution in [0, 0.1) is 5.92 Å². The fourth-order valence-electron chi connectivity index (χ4n) is 1.58. The first-order valence-corrected chi connectivity index (χ1v) is 7.06. The third-order valence-corrected chi connectivity index (χ3v) is 2.77. The molecule has 0 aliphatic rings. The van der Waals surface area contributed by atoms with Crippen molar-refractivity contribution in [1.29, 1.82) is 0 Å². The molecule has 0 aromatic heterocycles. The lowest BCUT2D eigenvalue weighted by Crippen LogP contribution is -2.29. The van der Waals surface area contributed by atoms with Gasteiger partial charge in [-0.15, -0.1) is 0 Å². The van der Waals surface area contributed by atoms with E-state index in [1.165, 1.54) is 0 Å². The van der Waals surface area contributed by atoms with Gasteiger partial charge in [0.25, 0.3) is 0 Å². The Morgan fingerprint density at radius 2 is 1.77 bits per heavy atom. The van der Waals surface area contributed by atoms with Gasteiger partial charge in [0, 0.05) is 30.3 Å². The maximum Gasteiger partial charge on any atom is 0.319 e. The quantitative estimate of drug-likeness (QED) is 0.579. The Labute approximate surface area is 129 Å². The van der Waals surface area contributed by atoms with Crippen molar-refractivity contribution < 1.29 is 19.5 Å². The summed E-state index contributed by atoms with van der Waals surface area (Å²) in [4.78, 5) is 33.6. The highest BCUT2D eigenvalue weighted by Crippen LogP contribution is 2.15. The first kappa shape index (κ1) is 17.5. The largest absolute Gasteiger partial charge is 0.481 e. The molecule has 3 amide bonds. The van der Waals surface area contributed by atoms with Crippen LogP contribution in [0.4, 0.5) is 16.2 Å². The normalized spacial score (nSPS) is 10.1. The van der Waals surface area contributed by atoms with Crippen LogP contribution in [-0.2, 0) is 9.59 Å². The molecule has 1 rings (SSSR count). The minimum Gasteiger partial charge on any atom is -0.481 e. The van der Waals surface area contributed by atoms with Crippen LogP contribution in [-0.4, -0.2) is 29.6 Å². The number of aliphatic carboxylic acids is 1. The third kappa shape index (κ3) is 6.74. The number of hydrogen-bond donors (Lipinski definition) is 4. The van der Waals surface area contributed by atoms with E-state index in [4.69, 9.17) is 5.11 Å². The van der Waals surface area contributed by atoms with Crippen molar-refractivity contribution >= 4 is 29.3 Å². The van der Waals surface area contributed by atoms with Crippen LogP contribution >= 0.6 is 0 Å². The van der Waals surface area contributed by atoms with Crippen LogP contribution in [0.3, 0.4) is 0 Å². The highest BCUT2D eigenvalue weighted by atomic mass is 16.4. The lowest BCUT2D eigenvalue weighted by molar-refractivity contribution is -0.137. The van der Waals surface area contributed by atoms with Crippen molar-refractivity contribution in [3.63, 3.8) is 0 Å². The number of nitrogens with one attached hydrogen (secondary N) is 3. The second-order valence-corrected chi connectivity index (χ2v) is 5.10. The first-order chi connectivity index (χ1) is 10.4. The molecule has 0 heterocycles. The lowest BCUT2D eigenvalue weighted by Gasteiger charge is -2.10. The van der Waals surface area contributed by atoms with Gasteiger partial charge in [-0.2, -0.15) is 0 Å². The van der Waals surface area contributed by atoms with Gasteiger partial charge in [0.1, 0.15) is 0 Å². The van der Waals surface area contributed by atoms with Crippen molar-refractivity contribution in [1.82, 2.24) is 5.32 Å². The SMILES string of the molecule is CC(C)C(=O)Nc1cccc(NC(=O)NCCCC(=O)O)c1. The number of carboxylic acid groups (broad SMARTS) is 1. The molecule has 0 saturated heterocycles. The Morgan fingerprint density at radius 1 is 1.14 bits per heavy atom. The molecular weight excluding hydrogens is 286 g/mol. The van der Waals surface area contributed by atoms with Crippen molar-refractivity contribution in [2.24, 2.45) is 5.92 Å². The van der Waals surface area contributed by atoms with E-state index in [9.17, 15) is 14.4 Å². The first-order valence-electron chi connectivity index (χ1n) is 7.06. The molecule has 0 saturated carbocycles. The molecule has 0 radical (unpaired) electrons. The van der Waals surface area contributed by atoms with Gasteiger partial charge in [-0.3, -0.25) is 9.59 Å². The monoisotopic (exact) mass is 307 g/mol. The molecule has 1 aromatic carbocycles. The zero-order valence-corrected chi connectivity index (χ0v) is 12.7. The van der Waals surface area contributed by atoms with Crippen LogP contribution in [0.2, 0.25) is 0 Å². The van der Waals surface area contributed by atoms with Gasteiger partial charge in [0.2, 0.25) is 5.91 Å². The van der Waals surface area contributed by atoms with E-state index in [0.29, 0.717) is 17.8 Å². The van der Waals surface area contributed by atoms with Crippen molar-refractivity contribution in [3.8, 4) is 0 Å². The molecular formula is C15H21N3O4. The number of benzene rings is 1. The molecule has 0 fully saturated rings. The van der Waals surface area contributed by atoms with Crippen molar-refractivity contribution in [2.45, 2.75) is 26.7 Å². The molecule has 1 aromatic rings. The average Bonchev–Trinajstić information content (AvgIpc) is 2.43. The van der Waals surface area contributed by atoms with E-state index in [-0.39, 0.29) is 24.8 Å². The number of urea groups is 1. The average molecular weight is 307 g/mol. The number of carbonyl (C=O) groups is 3. The summed E-state index contributed by atoms with van der Waals surface area (Å²) in [5.41, 5.74) is 1.14. The van der Waals surface area contributed by atoms with E-state index < -0.39 is 12.0 Å².